The molecule has 0 fully saturated rings. The molecule has 0 radical (unpaired) electrons. The second-order valence-electron chi connectivity index (χ2n) is 6.54. The van der Waals surface area contributed by atoms with E-state index in [1.807, 2.05) is 37.3 Å². The molecule has 28 heavy (non-hydrogen) atoms. The summed E-state index contributed by atoms with van der Waals surface area (Å²) in [6, 6.07) is 9.05. The molecule has 1 aromatic carbocycles. The summed E-state index contributed by atoms with van der Waals surface area (Å²) in [7, 11) is 0. The van der Waals surface area contributed by atoms with Crippen molar-refractivity contribution in [1.82, 2.24) is 21.3 Å². The van der Waals surface area contributed by atoms with Gasteiger partial charge in [0.05, 0.1) is 17.8 Å². The number of carbonyl (C=O) groups excluding carboxylic acids is 4. The van der Waals surface area contributed by atoms with Crippen LogP contribution in [-0.4, -0.2) is 48.1 Å². The molecular weight excluding hydrogens is 380 g/mol. The number of hydrogen-bond acceptors (Lipinski definition) is 5. The lowest BCUT2D eigenvalue weighted by Crippen LogP contribution is -2.51. The summed E-state index contributed by atoms with van der Waals surface area (Å²) in [6.07, 6.45) is 0.901. The van der Waals surface area contributed by atoms with E-state index in [1.165, 1.54) is 0 Å². The lowest BCUT2D eigenvalue weighted by atomic mass is 10.0. The van der Waals surface area contributed by atoms with Crippen LogP contribution in [0, 0.1) is 0 Å². The van der Waals surface area contributed by atoms with E-state index in [4.69, 9.17) is 0 Å². The minimum absolute atomic E-state index is 0.0151. The van der Waals surface area contributed by atoms with E-state index in [0.29, 0.717) is 19.4 Å². The summed E-state index contributed by atoms with van der Waals surface area (Å²) in [5.41, 5.74) is 0.917. The Morgan fingerprint density at radius 2 is 1.79 bits per heavy atom. The molecule has 0 saturated carbocycles. The van der Waals surface area contributed by atoms with Crippen LogP contribution in [0.3, 0.4) is 0 Å². The molecule has 0 aliphatic carbocycles. The molecule has 154 valence electrons. The van der Waals surface area contributed by atoms with Crippen LogP contribution >= 0.6 is 12.6 Å². The molecule has 1 aromatic rings. The van der Waals surface area contributed by atoms with Crippen molar-refractivity contribution < 1.29 is 19.2 Å². The van der Waals surface area contributed by atoms with Gasteiger partial charge in [-0.05, 0) is 19.4 Å². The maximum atomic E-state index is 12.3. The monoisotopic (exact) mass is 408 g/mol. The molecule has 0 heterocycles. The lowest BCUT2D eigenvalue weighted by Gasteiger charge is -2.29. The molecule has 0 saturated heterocycles. The van der Waals surface area contributed by atoms with Gasteiger partial charge in [0, 0.05) is 25.4 Å². The zero-order valence-electron chi connectivity index (χ0n) is 16.2. The van der Waals surface area contributed by atoms with Crippen LogP contribution in [0.1, 0.15) is 32.3 Å². The molecule has 0 bridgehead atoms. The van der Waals surface area contributed by atoms with Gasteiger partial charge in [-0.1, -0.05) is 30.3 Å². The standard InChI is InChI=1S/C19H28N4O4S/c1-3-20-17(26)11-19(28,10-15-7-5-4-6-8-15)23-18(27)12-21-16(25)9-14(2)22-13-24/h4-8,13-14,28H,3,9-12H2,1-2H3,(H,20,26)(H,21,25)(H,22,24)(H,23,27)/t14-,19?/m0/s1. The van der Waals surface area contributed by atoms with Crippen LogP contribution in [0.25, 0.3) is 0 Å². The Labute approximate surface area is 170 Å². The summed E-state index contributed by atoms with van der Waals surface area (Å²) in [6.45, 7) is 3.72. The van der Waals surface area contributed by atoms with Crippen LogP contribution in [0.15, 0.2) is 30.3 Å². The third-order valence-corrected chi connectivity index (χ3v) is 4.26. The predicted molar refractivity (Wildman–Crippen MR) is 110 cm³/mol. The van der Waals surface area contributed by atoms with Gasteiger partial charge in [0.25, 0.3) is 0 Å². The summed E-state index contributed by atoms with van der Waals surface area (Å²) < 4.78 is 0. The van der Waals surface area contributed by atoms with Gasteiger partial charge in [-0.2, -0.15) is 12.6 Å². The normalized spacial score (nSPS) is 13.5. The molecule has 8 nitrogen and oxygen atoms in total. The Hall–Kier alpha value is -2.55. The largest absolute Gasteiger partial charge is 0.356 e. The van der Waals surface area contributed by atoms with Gasteiger partial charge in [-0.15, -0.1) is 0 Å². The summed E-state index contributed by atoms with van der Waals surface area (Å²) in [4.78, 5) is 45.5. The number of benzene rings is 1. The second-order valence-corrected chi connectivity index (χ2v) is 7.39. The van der Waals surface area contributed by atoms with Crippen molar-refractivity contribution in [3.05, 3.63) is 35.9 Å². The zero-order chi connectivity index (χ0) is 21.0. The zero-order valence-corrected chi connectivity index (χ0v) is 17.1. The van der Waals surface area contributed by atoms with E-state index in [2.05, 4.69) is 33.9 Å². The summed E-state index contributed by atoms with van der Waals surface area (Å²) in [5.74, 6) is -1.06. The number of hydrogen-bond donors (Lipinski definition) is 5. The minimum Gasteiger partial charge on any atom is -0.356 e. The van der Waals surface area contributed by atoms with Gasteiger partial charge in [-0.3, -0.25) is 19.2 Å². The van der Waals surface area contributed by atoms with Crippen molar-refractivity contribution in [1.29, 1.82) is 0 Å². The highest BCUT2D eigenvalue weighted by molar-refractivity contribution is 7.81. The highest BCUT2D eigenvalue weighted by atomic mass is 32.1. The van der Waals surface area contributed by atoms with Crippen LogP contribution in [-0.2, 0) is 25.6 Å². The van der Waals surface area contributed by atoms with E-state index >= 15 is 0 Å². The van der Waals surface area contributed by atoms with Crippen LogP contribution in [0.4, 0.5) is 0 Å². The van der Waals surface area contributed by atoms with Gasteiger partial charge >= 0.3 is 0 Å². The molecule has 9 heteroatoms. The maximum Gasteiger partial charge on any atom is 0.240 e. The molecule has 2 atom stereocenters. The molecule has 1 unspecified atom stereocenters. The number of thiol groups is 1. The summed E-state index contributed by atoms with van der Waals surface area (Å²) in [5, 5.41) is 10.4. The van der Waals surface area contributed by atoms with Gasteiger partial charge in [-0.25, -0.2) is 0 Å². The van der Waals surface area contributed by atoms with E-state index < -0.39 is 10.8 Å². The van der Waals surface area contributed by atoms with Crippen molar-refractivity contribution in [2.75, 3.05) is 13.1 Å². The smallest absolute Gasteiger partial charge is 0.240 e. The predicted octanol–water partition coefficient (Wildman–Crippen LogP) is 0.138. The lowest BCUT2D eigenvalue weighted by molar-refractivity contribution is -0.127. The second kappa shape index (κ2) is 12.0. The van der Waals surface area contributed by atoms with Crippen LogP contribution in [0.2, 0.25) is 0 Å². The van der Waals surface area contributed by atoms with Crippen molar-refractivity contribution >= 4 is 36.8 Å². The molecule has 4 amide bonds. The topological polar surface area (TPSA) is 116 Å². The number of nitrogens with one attached hydrogen (secondary N) is 4. The highest BCUT2D eigenvalue weighted by Gasteiger charge is 2.31. The number of amides is 4. The first-order valence-electron chi connectivity index (χ1n) is 9.08. The van der Waals surface area contributed by atoms with E-state index in [1.54, 1.807) is 6.92 Å². The van der Waals surface area contributed by atoms with Crippen molar-refractivity contribution in [2.24, 2.45) is 0 Å². The van der Waals surface area contributed by atoms with Gasteiger partial charge < -0.3 is 21.3 Å². The first-order valence-corrected chi connectivity index (χ1v) is 9.53. The average Bonchev–Trinajstić information content (AvgIpc) is 2.60. The van der Waals surface area contributed by atoms with Crippen molar-refractivity contribution in [3.63, 3.8) is 0 Å². The van der Waals surface area contributed by atoms with Gasteiger partial charge in [0.1, 0.15) is 0 Å². The van der Waals surface area contributed by atoms with Crippen molar-refractivity contribution in [3.8, 4) is 0 Å². The van der Waals surface area contributed by atoms with E-state index in [0.717, 1.165) is 5.56 Å². The Bertz CT molecular complexity index is 671. The average molecular weight is 409 g/mol. The first-order chi connectivity index (χ1) is 13.3. The third-order valence-electron chi connectivity index (χ3n) is 3.83. The minimum atomic E-state index is -1.10. The Morgan fingerprint density at radius 3 is 2.39 bits per heavy atom. The Kier molecular flexibility index (Phi) is 10.1. The first kappa shape index (κ1) is 23.5. The molecule has 0 aromatic heterocycles. The quantitative estimate of drug-likeness (QED) is 0.192. The molecular formula is C19H28N4O4S. The van der Waals surface area contributed by atoms with E-state index in [-0.39, 0.29) is 37.2 Å². The van der Waals surface area contributed by atoms with Gasteiger partial charge in [0.15, 0.2) is 0 Å². The van der Waals surface area contributed by atoms with E-state index in [9.17, 15) is 19.2 Å². The fourth-order valence-electron chi connectivity index (χ4n) is 2.62. The molecule has 0 aliphatic heterocycles. The van der Waals surface area contributed by atoms with Crippen molar-refractivity contribution in [2.45, 2.75) is 44.0 Å². The van der Waals surface area contributed by atoms with Gasteiger partial charge in [0.2, 0.25) is 24.1 Å². The SMILES string of the molecule is CCNC(=O)CC(S)(Cc1ccccc1)NC(=O)CNC(=O)C[C@H](C)NC=O. The Balaban J connectivity index is 2.68. The Morgan fingerprint density at radius 1 is 1.11 bits per heavy atom. The molecule has 1 rings (SSSR count). The molecule has 0 aliphatic rings. The fraction of sp³-hybridized carbons (Fsp3) is 0.474. The molecule has 0 spiro atoms. The number of carbonyl (C=O) groups is 4. The molecule has 4 N–H and O–H groups in total. The maximum absolute atomic E-state index is 12.3. The number of rotatable bonds is 12. The summed E-state index contributed by atoms with van der Waals surface area (Å²) >= 11 is 4.58. The highest BCUT2D eigenvalue weighted by Crippen LogP contribution is 2.22. The third kappa shape index (κ3) is 9.40. The van der Waals surface area contributed by atoms with Crippen LogP contribution in [0.5, 0.6) is 0 Å². The fourth-order valence-corrected chi connectivity index (χ4v) is 3.07. The van der Waals surface area contributed by atoms with Crippen LogP contribution < -0.4 is 21.3 Å².